The van der Waals surface area contributed by atoms with Crippen LogP contribution in [0, 0.1) is 5.82 Å². The standard InChI is InChI=1S/C21H21F4NO/c1-13(2)27-20-14(3)19(21(23,24)25)17-9-4-5-10-18(17)26(20)12-15-7-6-8-16(22)11-15/h4-11,13,19H,12H2,1-3H3. The van der Waals surface area contributed by atoms with Gasteiger partial charge < -0.3 is 9.64 Å². The molecule has 0 aliphatic carbocycles. The van der Waals surface area contributed by atoms with Gasteiger partial charge in [-0.3, -0.25) is 0 Å². The van der Waals surface area contributed by atoms with Gasteiger partial charge >= 0.3 is 6.18 Å². The van der Waals surface area contributed by atoms with Crippen LogP contribution < -0.4 is 4.90 Å². The summed E-state index contributed by atoms with van der Waals surface area (Å²) < 4.78 is 60.9. The minimum absolute atomic E-state index is 0.103. The number of rotatable bonds is 4. The van der Waals surface area contributed by atoms with Gasteiger partial charge in [0.1, 0.15) is 11.7 Å². The van der Waals surface area contributed by atoms with E-state index in [0.717, 1.165) is 0 Å². The zero-order chi connectivity index (χ0) is 19.8. The van der Waals surface area contributed by atoms with E-state index in [-0.39, 0.29) is 29.7 Å². The minimum Gasteiger partial charge on any atom is -0.476 e. The van der Waals surface area contributed by atoms with E-state index in [4.69, 9.17) is 4.74 Å². The summed E-state index contributed by atoms with van der Waals surface area (Å²) in [6.07, 6.45) is -4.74. The van der Waals surface area contributed by atoms with Crippen molar-refractivity contribution in [1.29, 1.82) is 0 Å². The Balaban J connectivity index is 2.15. The number of hydrogen-bond acceptors (Lipinski definition) is 2. The number of ether oxygens (including phenoxy) is 1. The fourth-order valence-corrected chi connectivity index (χ4v) is 3.43. The highest BCUT2D eigenvalue weighted by molar-refractivity contribution is 5.64. The lowest BCUT2D eigenvalue weighted by atomic mass is 9.86. The van der Waals surface area contributed by atoms with Crippen LogP contribution in [0.2, 0.25) is 0 Å². The first-order valence-electron chi connectivity index (χ1n) is 8.73. The zero-order valence-electron chi connectivity index (χ0n) is 15.3. The van der Waals surface area contributed by atoms with Crippen LogP contribution in [0.1, 0.15) is 37.8 Å². The van der Waals surface area contributed by atoms with Crippen LogP contribution in [-0.2, 0) is 11.3 Å². The van der Waals surface area contributed by atoms with Crippen LogP contribution in [0.15, 0.2) is 60.0 Å². The summed E-state index contributed by atoms with van der Waals surface area (Å²) in [5.74, 6) is -1.94. The van der Waals surface area contributed by atoms with Crippen molar-refractivity contribution < 1.29 is 22.3 Å². The molecular weight excluding hydrogens is 358 g/mol. The van der Waals surface area contributed by atoms with Crippen molar-refractivity contribution in [3.63, 3.8) is 0 Å². The molecule has 0 spiro atoms. The molecule has 3 rings (SSSR count). The maximum atomic E-state index is 13.8. The molecule has 0 N–H and O–H groups in total. The summed E-state index contributed by atoms with van der Waals surface area (Å²) in [6, 6.07) is 12.5. The van der Waals surface area contributed by atoms with Gasteiger partial charge in [-0.2, -0.15) is 13.2 Å². The molecule has 0 amide bonds. The smallest absolute Gasteiger partial charge is 0.399 e. The molecule has 144 valence electrons. The number of allylic oxidation sites excluding steroid dienone is 1. The van der Waals surface area contributed by atoms with E-state index in [1.165, 1.54) is 25.1 Å². The van der Waals surface area contributed by atoms with E-state index < -0.39 is 17.9 Å². The van der Waals surface area contributed by atoms with E-state index in [0.29, 0.717) is 11.3 Å². The molecule has 0 aromatic heterocycles. The van der Waals surface area contributed by atoms with Crippen molar-refractivity contribution >= 4 is 5.69 Å². The highest BCUT2D eigenvalue weighted by Crippen LogP contribution is 2.49. The molecule has 2 aromatic rings. The quantitative estimate of drug-likeness (QED) is 0.591. The number of para-hydroxylation sites is 1. The largest absolute Gasteiger partial charge is 0.476 e. The van der Waals surface area contributed by atoms with E-state index >= 15 is 0 Å². The normalized spacial score (nSPS) is 17.3. The zero-order valence-corrected chi connectivity index (χ0v) is 15.3. The average Bonchev–Trinajstić information content (AvgIpc) is 2.56. The minimum atomic E-state index is -4.43. The van der Waals surface area contributed by atoms with Crippen LogP contribution in [0.25, 0.3) is 0 Å². The van der Waals surface area contributed by atoms with Crippen molar-refractivity contribution in [1.82, 2.24) is 0 Å². The van der Waals surface area contributed by atoms with Crippen molar-refractivity contribution in [3.05, 3.63) is 76.9 Å². The SMILES string of the molecule is CC1=C(OC(C)C)N(Cc2cccc(F)c2)c2ccccc2C1C(F)(F)F. The number of fused-ring (bicyclic) bond motifs is 1. The van der Waals surface area contributed by atoms with Gasteiger partial charge in [-0.1, -0.05) is 30.3 Å². The third-order valence-electron chi connectivity index (χ3n) is 4.46. The molecule has 1 unspecified atom stereocenters. The Morgan fingerprint density at radius 3 is 2.41 bits per heavy atom. The van der Waals surface area contributed by atoms with Gasteiger partial charge in [-0.25, -0.2) is 4.39 Å². The molecule has 0 fully saturated rings. The number of nitrogens with zero attached hydrogens (tertiary/aromatic N) is 1. The molecule has 1 aliphatic heterocycles. The summed E-state index contributed by atoms with van der Waals surface area (Å²) in [5, 5.41) is 0. The predicted octanol–water partition coefficient (Wildman–Crippen LogP) is 6.15. The molecule has 0 radical (unpaired) electrons. The average molecular weight is 379 g/mol. The summed E-state index contributed by atoms with van der Waals surface area (Å²) >= 11 is 0. The molecule has 1 aliphatic rings. The van der Waals surface area contributed by atoms with E-state index in [1.54, 1.807) is 49.1 Å². The molecule has 6 heteroatoms. The summed E-state index contributed by atoms with van der Waals surface area (Å²) in [5.41, 5.74) is 1.35. The van der Waals surface area contributed by atoms with Crippen LogP contribution in [0.3, 0.4) is 0 Å². The Morgan fingerprint density at radius 2 is 1.78 bits per heavy atom. The third kappa shape index (κ3) is 3.94. The van der Waals surface area contributed by atoms with Gasteiger partial charge in [0.05, 0.1) is 12.6 Å². The molecular formula is C21H21F4NO. The molecule has 1 heterocycles. The van der Waals surface area contributed by atoms with Gasteiger partial charge in [-0.15, -0.1) is 0 Å². The van der Waals surface area contributed by atoms with Gasteiger partial charge in [0.25, 0.3) is 0 Å². The Bertz CT molecular complexity index is 857. The number of halogens is 4. The first kappa shape index (κ1) is 19.3. The van der Waals surface area contributed by atoms with Crippen molar-refractivity contribution in [3.8, 4) is 0 Å². The fraction of sp³-hybridized carbons (Fsp3) is 0.333. The predicted molar refractivity (Wildman–Crippen MR) is 96.7 cm³/mol. The van der Waals surface area contributed by atoms with E-state index in [9.17, 15) is 17.6 Å². The van der Waals surface area contributed by atoms with Gasteiger partial charge in [0, 0.05) is 11.3 Å². The number of alkyl halides is 3. The monoisotopic (exact) mass is 379 g/mol. The molecule has 0 bridgehead atoms. The summed E-state index contributed by atoms with van der Waals surface area (Å²) in [4.78, 5) is 1.70. The topological polar surface area (TPSA) is 12.5 Å². The van der Waals surface area contributed by atoms with Crippen LogP contribution in [-0.4, -0.2) is 12.3 Å². The van der Waals surface area contributed by atoms with Gasteiger partial charge in [-0.05, 0) is 50.1 Å². The molecule has 27 heavy (non-hydrogen) atoms. The molecule has 2 nitrogen and oxygen atoms in total. The highest BCUT2D eigenvalue weighted by atomic mass is 19.4. The Hall–Kier alpha value is -2.50. The Kier molecular flexibility index (Phi) is 5.18. The molecule has 0 saturated carbocycles. The Labute approximate surface area is 156 Å². The van der Waals surface area contributed by atoms with Crippen LogP contribution in [0.5, 0.6) is 0 Å². The van der Waals surface area contributed by atoms with E-state index in [2.05, 4.69) is 0 Å². The second kappa shape index (κ2) is 7.25. The van der Waals surface area contributed by atoms with Crippen LogP contribution in [0.4, 0.5) is 23.2 Å². The summed E-state index contributed by atoms with van der Waals surface area (Å²) in [7, 11) is 0. The maximum absolute atomic E-state index is 13.8. The molecule has 2 aromatic carbocycles. The maximum Gasteiger partial charge on any atom is 0.399 e. The van der Waals surface area contributed by atoms with Crippen LogP contribution >= 0.6 is 0 Å². The third-order valence-corrected chi connectivity index (χ3v) is 4.46. The van der Waals surface area contributed by atoms with Gasteiger partial charge in [0.15, 0.2) is 5.88 Å². The van der Waals surface area contributed by atoms with Gasteiger partial charge in [0.2, 0.25) is 0 Å². The fourth-order valence-electron chi connectivity index (χ4n) is 3.43. The second-order valence-electron chi connectivity index (χ2n) is 6.90. The number of hydrogen-bond donors (Lipinski definition) is 0. The number of anilines is 1. The lowest BCUT2D eigenvalue weighted by Crippen LogP contribution is -2.36. The number of benzene rings is 2. The Morgan fingerprint density at radius 1 is 1.07 bits per heavy atom. The lowest BCUT2D eigenvalue weighted by Gasteiger charge is -2.39. The van der Waals surface area contributed by atoms with E-state index in [1.807, 2.05) is 0 Å². The summed E-state index contributed by atoms with van der Waals surface area (Å²) in [6.45, 7) is 5.19. The second-order valence-corrected chi connectivity index (χ2v) is 6.90. The first-order chi connectivity index (χ1) is 12.7. The van der Waals surface area contributed by atoms with Crippen molar-refractivity contribution in [2.75, 3.05) is 4.90 Å². The van der Waals surface area contributed by atoms with Crippen molar-refractivity contribution in [2.24, 2.45) is 0 Å². The first-order valence-corrected chi connectivity index (χ1v) is 8.73. The molecule has 1 atom stereocenters. The van der Waals surface area contributed by atoms with Crippen molar-refractivity contribution in [2.45, 2.75) is 45.5 Å². The highest BCUT2D eigenvalue weighted by Gasteiger charge is 2.47. The lowest BCUT2D eigenvalue weighted by molar-refractivity contribution is -0.143. The molecule has 0 saturated heterocycles.